The number of nitrogens with one attached hydrogen (secondary N) is 1. The van der Waals surface area contributed by atoms with Gasteiger partial charge in [-0.2, -0.15) is 5.26 Å². The van der Waals surface area contributed by atoms with Crippen LogP contribution in [0, 0.1) is 28.4 Å². The molecule has 2 aromatic rings. The van der Waals surface area contributed by atoms with E-state index in [2.05, 4.69) is 11.4 Å². The molecular weight excluding hydrogens is 290 g/mol. The third kappa shape index (κ3) is 3.30. The van der Waals surface area contributed by atoms with E-state index in [0.717, 1.165) is 11.1 Å². The summed E-state index contributed by atoms with van der Waals surface area (Å²) in [4.78, 5) is 10.3. The molecule has 0 aromatic heterocycles. The standard InChI is InChI=1S/C15H12ClN3O2/c1-10-3-2-4-14(12(10)8-17)18-9-11-5-6-13(16)15(7-11)19(20)21/h2-7,18H,9H2,1H3. The van der Waals surface area contributed by atoms with Gasteiger partial charge in [0.1, 0.15) is 11.1 Å². The van der Waals surface area contributed by atoms with E-state index in [1.54, 1.807) is 12.1 Å². The molecule has 6 heteroatoms. The summed E-state index contributed by atoms with van der Waals surface area (Å²) in [6, 6.07) is 12.3. The number of nitro benzene ring substituents is 1. The summed E-state index contributed by atoms with van der Waals surface area (Å²) in [5, 5.41) is 23.2. The third-order valence-electron chi connectivity index (χ3n) is 3.07. The summed E-state index contributed by atoms with van der Waals surface area (Å²) in [5.74, 6) is 0. The lowest BCUT2D eigenvalue weighted by Gasteiger charge is -2.10. The average molecular weight is 302 g/mol. The maximum atomic E-state index is 10.9. The molecule has 0 saturated carbocycles. The van der Waals surface area contributed by atoms with Crippen LogP contribution in [0.1, 0.15) is 16.7 Å². The van der Waals surface area contributed by atoms with Gasteiger partial charge in [-0.15, -0.1) is 0 Å². The predicted octanol–water partition coefficient (Wildman–Crippen LogP) is 4.04. The van der Waals surface area contributed by atoms with Gasteiger partial charge < -0.3 is 5.32 Å². The van der Waals surface area contributed by atoms with Crippen LogP contribution in [-0.2, 0) is 6.54 Å². The zero-order valence-electron chi connectivity index (χ0n) is 11.3. The molecule has 21 heavy (non-hydrogen) atoms. The Hall–Kier alpha value is -2.58. The second kappa shape index (κ2) is 6.25. The molecule has 0 amide bonds. The van der Waals surface area contributed by atoms with Crippen LogP contribution in [0.25, 0.3) is 0 Å². The smallest absolute Gasteiger partial charge is 0.288 e. The number of nitro groups is 1. The van der Waals surface area contributed by atoms with E-state index in [0.29, 0.717) is 17.8 Å². The quantitative estimate of drug-likeness (QED) is 0.682. The van der Waals surface area contributed by atoms with Crippen LogP contribution in [-0.4, -0.2) is 4.92 Å². The number of benzene rings is 2. The van der Waals surface area contributed by atoms with Gasteiger partial charge in [0.2, 0.25) is 0 Å². The van der Waals surface area contributed by atoms with Crippen LogP contribution in [0.3, 0.4) is 0 Å². The van der Waals surface area contributed by atoms with Crippen LogP contribution in [0.4, 0.5) is 11.4 Å². The molecule has 1 N–H and O–H groups in total. The van der Waals surface area contributed by atoms with Crippen molar-refractivity contribution in [2.24, 2.45) is 0 Å². The van der Waals surface area contributed by atoms with Crippen molar-refractivity contribution in [3.05, 3.63) is 68.2 Å². The van der Waals surface area contributed by atoms with Gasteiger partial charge in [0.15, 0.2) is 0 Å². The van der Waals surface area contributed by atoms with Crippen molar-refractivity contribution >= 4 is 23.0 Å². The molecule has 0 bridgehead atoms. The number of nitriles is 1. The number of halogens is 1. The van der Waals surface area contributed by atoms with Crippen LogP contribution in [0.5, 0.6) is 0 Å². The summed E-state index contributed by atoms with van der Waals surface area (Å²) < 4.78 is 0. The molecule has 0 aliphatic carbocycles. The van der Waals surface area contributed by atoms with Crippen molar-refractivity contribution in [3.8, 4) is 6.07 Å². The topological polar surface area (TPSA) is 79.0 Å². The van der Waals surface area contributed by atoms with Gasteiger partial charge in [-0.25, -0.2) is 0 Å². The Bertz CT molecular complexity index is 738. The molecule has 106 valence electrons. The Morgan fingerprint density at radius 2 is 2.14 bits per heavy atom. The zero-order valence-corrected chi connectivity index (χ0v) is 12.0. The van der Waals surface area contributed by atoms with Crippen LogP contribution >= 0.6 is 11.6 Å². The van der Waals surface area contributed by atoms with E-state index in [1.165, 1.54) is 12.1 Å². The number of hydrogen-bond acceptors (Lipinski definition) is 4. The Morgan fingerprint density at radius 3 is 2.81 bits per heavy atom. The van der Waals surface area contributed by atoms with Crippen molar-refractivity contribution in [2.75, 3.05) is 5.32 Å². The van der Waals surface area contributed by atoms with E-state index in [4.69, 9.17) is 16.9 Å². The minimum Gasteiger partial charge on any atom is -0.380 e. The summed E-state index contributed by atoms with van der Waals surface area (Å²) >= 11 is 5.77. The average Bonchev–Trinajstić information content (AvgIpc) is 2.46. The highest BCUT2D eigenvalue weighted by Gasteiger charge is 2.13. The minimum absolute atomic E-state index is 0.108. The lowest BCUT2D eigenvalue weighted by Crippen LogP contribution is -2.03. The van der Waals surface area contributed by atoms with E-state index >= 15 is 0 Å². The molecular formula is C15H12ClN3O2. The van der Waals surface area contributed by atoms with E-state index in [1.807, 2.05) is 19.1 Å². The zero-order chi connectivity index (χ0) is 15.4. The van der Waals surface area contributed by atoms with Gasteiger partial charge in [-0.1, -0.05) is 29.8 Å². The van der Waals surface area contributed by atoms with Crippen molar-refractivity contribution in [3.63, 3.8) is 0 Å². The first kappa shape index (κ1) is 14.8. The predicted molar refractivity (Wildman–Crippen MR) is 81.3 cm³/mol. The van der Waals surface area contributed by atoms with Crippen LogP contribution < -0.4 is 5.32 Å². The van der Waals surface area contributed by atoms with Gasteiger partial charge in [-0.3, -0.25) is 10.1 Å². The largest absolute Gasteiger partial charge is 0.380 e. The highest BCUT2D eigenvalue weighted by molar-refractivity contribution is 6.32. The van der Waals surface area contributed by atoms with E-state index in [-0.39, 0.29) is 10.7 Å². The molecule has 2 rings (SSSR count). The molecule has 0 aliphatic heterocycles. The van der Waals surface area contributed by atoms with Gasteiger partial charge in [0.05, 0.1) is 16.2 Å². The van der Waals surface area contributed by atoms with Gasteiger partial charge in [0, 0.05) is 12.6 Å². The number of hydrogen-bond donors (Lipinski definition) is 1. The first-order valence-electron chi connectivity index (χ1n) is 6.19. The highest BCUT2D eigenvalue weighted by atomic mass is 35.5. The second-order valence-corrected chi connectivity index (χ2v) is 4.91. The molecule has 0 atom stereocenters. The molecule has 5 nitrogen and oxygen atoms in total. The molecule has 0 unspecified atom stereocenters. The summed E-state index contributed by atoms with van der Waals surface area (Å²) in [7, 11) is 0. The maximum absolute atomic E-state index is 10.9. The number of rotatable bonds is 4. The fraction of sp³-hybridized carbons (Fsp3) is 0.133. The first-order chi connectivity index (χ1) is 10.0. The maximum Gasteiger partial charge on any atom is 0.288 e. The second-order valence-electron chi connectivity index (χ2n) is 4.51. The van der Waals surface area contributed by atoms with Crippen LogP contribution in [0.2, 0.25) is 5.02 Å². The summed E-state index contributed by atoms with van der Waals surface area (Å²) in [6.45, 7) is 2.23. The Kier molecular flexibility index (Phi) is 4.41. The Morgan fingerprint density at radius 1 is 1.38 bits per heavy atom. The SMILES string of the molecule is Cc1cccc(NCc2ccc(Cl)c([N+](=O)[O-])c2)c1C#N. The molecule has 0 heterocycles. The molecule has 2 aromatic carbocycles. The highest BCUT2D eigenvalue weighted by Crippen LogP contribution is 2.26. The lowest BCUT2D eigenvalue weighted by molar-refractivity contribution is -0.384. The molecule has 0 saturated heterocycles. The minimum atomic E-state index is -0.515. The van der Waals surface area contributed by atoms with Crippen molar-refractivity contribution in [1.29, 1.82) is 5.26 Å². The molecule has 0 fully saturated rings. The number of nitrogens with zero attached hydrogens (tertiary/aromatic N) is 2. The van der Waals surface area contributed by atoms with Gasteiger partial charge in [0.25, 0.3) is 5.69 Å². The molecule has 0 aliphatic rings. The summed E-state index contributed by atoms with van der Waals surface area (Å²) in [6.07, 6.45) is 0. The fourth-order valence-electron chi connectivity index (χ4n) is 1.97. The van der Waals surface area contributed by atoms with Gasteiger partial charge in [-0.05, 0) is 30.2 Å². The summed E-state index contributed by atoms with van der Waals surface area (Å²) in [5.41, 5.74) is 2.75. The van der Waals surface area contributed by atoms with Crippen molar-refractivity contribution in [2.45, 2.75) is 13.5 Å². The van der Waals surface area contributed by atoms with Crippen molar-refractivity contribution in [1.82, 2.24) is 0 Å². The van der Waals surface area contributed by atoms with Crippen molar-refractivity contribution < 1.29 is 4.92 Å². The number of aryl methyl sites for hydroxylation is 1. The Balaban J connectivity index is 2.22. The molecule has 0 spiro atoms. The van der Waals surface area contributed by atoms with E-state index in [9.17, 15) is 10.1 Å². The van der Waals surface area contributed by atoms with Gasteiger partial charge >= 0.3 is 0 Å². The fourth-order valence-corrected chi connectivity index (χ4v) is 2.16. The monoisotopic (exact) mass is 301 g/mol. The lowest BCUT2D eigenvalue weighted by atomic mass is 10.1. The first-order valence-corrected chi connectivity index (χ1v) is 6.57. The third-order valence-corrected chi connectivity index (χ3v) is 3.39. The van der Waals surface area contributed by atoms with Crippen LogP contribution in [0.15, 0.2) is 36.4 Å². The van der Waals surface area contributed by atoms with E-state index < -0.39 is 4.92 Å². The number of anilines is 1. The normalized spacial score (nSPS) is 9.95. The Labute approximate surface area is 126 Å². The molecule has 0 radical (unpaired) electrons.